The lowest BCUT2D eigenvalue weighted by Gasteiger charge is -2.09. The van der Waals surface area contributed by atoms with Crippen molar-refractivity contribution in [1.82, 2.24) is 0 Å². The monoisotopic (exact) mass is 156 g/mol. The Labute approximate surface area is 59.9 Å². The first-order valence-corrected chi connectivity index (χ1v) is 3.45. The summed E-state index contributed by atoms with van der Waals surface area (Å²) in [4.78, 5) is 0. The van der Waals surface area contributed by atoms with Gasteiger partial charge >= 0.3 is 0 Å². The predicted molar refractivity (Wildman–Crippen MR) is 36.6 cm³/mol. The highest BCUT2D eigenvalue weighted by molar-refractivity contribution is 6.29. The van der Waals surface area contributed by atoms with E-state index in [4.69, 9.17) is 27.9 Å². The van der Waals surface area contributed by atoms with Gasteiger partial charge in [0.05, 0.1) is 5.38 Å². The fraction of sp³-hybridized carbons (Fsp3) is 1.00. The lowest BCUT2D eigenvalue weighted by molar-refractivity contribution is 0.119. The maximum Gasteiger partial charge on any atom is 0.147 e. The Morgan fingerprint density at radius 3 is 2.12 bits per heavy atom. The number of ether oxygens (including phenoxy) is 1. The Balaban J connectivity index is 3.17. The van der Waals surface area contributed by atoms with Crippen molar-refractivity contribution in [3.8, 4) is 0 Å². The topological polar surface area (TPSA) is 9.23 Å². The van der Waals surface area contributed by atoms with Crippen molar-refractivity contribution in [1.29, 1.82) is 0 Å². The molecule has 0 aromatic carbocycles. The van der Waals surface area contributed by atoms with Gasteiger partial charge in [0.1, 0.15) is 5.56 Å². The molecule has 0 aliphatic carbocycles. The van der Waals surface area contributed by atoms with Crippen LogP contribution in [0.2, 0.25) is 0 Å². The molecule has 0 radical (unpaired) electrons. The van der Waals surface area contributed by atoms with Crippen LogP contribution in [0.25, 0.3) is 0 Å². The molecule has 1 nitrogen and oxygen atoms in total. The molecule has 0 N–H and O–H groups in total. The third-order valence-electron chi connectivity index (χ3n) is 0.687. The molecule has 0 unspecified atom stereocenters. The first-order valence-electron chi connectivity index (χ1n) is 2.58. The molecule has 0 spiro atoms. The first kappa shape index (κ1) is 8.54. The Kier molecular flexibility index (Phi) is 4.72. The molecule has 0 aromatic heterocycles. The summed E-state index contributed by atoms with van der Waals surface area (Å²) >= 11 is 11.1. The Hall–Kier alpha value is 0.540. The van der Waals surface area contributed by atoms with Crippen LogP contribution >= 0.6 is 23.2 Å². The highest BCUT2D eigenvalue weighted by Crippen LogP contribution is 2.09. The minimum Gasteiger partial charge on any atom is -0.361 e. The molecule has 0 aromatic rings. The normalized spacial score (nSPS) is 18.0. The van der Waals surface area contributed by atoms with Crippen LogP contribution in [-0.4, -0.2) is 17.5 Å². The van der Waals surface area contributed by atoms with E-state index < -0.39 is 0 Å². The van der Waals surface area contributed by atoms with Crippen molar-refractivity contribution >= 4 is 23.2 Å². The molecule has 2 atom stereocenters. The Morgan fingerprint density at radius 1 is 1.50 bits per heavy atom. The summed E-state index contributed by atoms with van der Waals surface area (Å²) in [5, 5.41) is -0.114. The van der Waals surface area contributed by atoms with Crippen molar-refractivity contribution in [2.75, 3.05) is 6.61 Å². The summed E-state index contributed by atoms with van der Waals surface area (Å²) in [5.74, 6) is 0. The maximum atomic E-state index is 5.56. The lowest BCUT2D eigenvalue weighted by Crippen LogP contribution is -2.14. The van der Waals surface area contributed by atoms with Crippen LogP contribution < -0.4 is 0 Å². The van der Waals surface area contributed by atoms with E-state index in [1.165, 1.54) is 0 Å². The van der Waals surface area contributed by atoms with E-state index in [0.717, 1.165) is 0 Å². The minimum absolute atomic E-state index is 0.114. The zero-order valence-corrected chi connectivity index (χ0v) is 6.54. The van der Waals surface area contributed by atoms with Gasteiger partial charge in [-0.1, -0.05) is 11.6 Å². The van der Waals surface area contributed by atoms with Crippen LogP contribution in [0.3, 0.4) is 0 Å². The third kappa shape index (κ3) is 3.53. The predicted octanol–water partition coefficient (Wildman–Crippen LogP) is 2.22. The molecule has 0 bridgehead atoms. The molecular formula is C5H10Cl2O. The molecule has 3 heteroatoms. The van der Waals surface area contributed by atoms with Crippen LogP contribution in [0, 0.1) is 0 Å². The zero-order chi connectivity index (χ0) is 6.57. The molecule has 50 valence electrons. The molecule has 8 heavy (non-hydrogen) atoms. The highest BCUT2D eigenvalue weighted by atomic mass is 35.5. The maximum absolute atomic E-state index is 5.56. The molecule has 0 rings (SSSR count). The van der Waals surface area contributed by atoms with Gasteiger partial charge in [0.2, 0.25) is 0 Å². The van der Waals surface area contributed by atoms with Crippen molar-refractivity contribution in [2.24, 2.45) is 0 Å². The fourth-order valence-electron chi connectivity index (χ4n) is 0.292. The van der Waals surface area contributed by atoms with Crippen LogP contribution in [0.5, 0.6) is 0 Å². The van der Waals surface area contributed by atoms with Gasteiger partial charge in [-0.3, -0.25) is 0 Å². The van der Waals surface area contributed by atoms with E-state index in [0.29, 0.717) is 6.61 Å². The molecule has 0 amide bonds. The minimum atomic E-state index is -0.346. The standard InChI is InChI=1S/C5H10Cl2O/c1-3-8-5(7)4(2)6/h4-5H,3H2,1-2H3/t4-,5+/m0/s1. The first-order chi connectivity index (χ1) is 3.68. The summed E-state index contributed by atoms with van der Waals surface area (Å²) < 4.78 is 4.94. The van der Waals surface area contributed by atoms with Gasteiger partial charge in [-0.05, 0) is 13.8 Å². The average molecular weight is 157 g/mol. The molecule has 0 saturated carbocycles. The van der Waals surface area contributed by atoms with Crippen molar-refractivity contribution in [3.05, 3.63) is 0 Å². The van der Waals surface area contributed by atoms with Crippen LogP contribution in [0.15, 0.2) is 0 Å². The van der Waals surface area contributed by atoms with Crippen LogP contribution in [-0.2, 0) is 4.74 Å². The van der Waals surface area contributed by atoms with Gasteiger partial charge < -0.3 is 4.74 Å². The van der Waals surface area contributed by atoms with Gasteiger partial charge in [0.25, 0.3) is 0 Å². The summed E-state index contributed by atoms with van der Waals surface area (Å²) in [6.07, 6.45) is 0. The van der Waals surface area contributed by atoms with Crippen molar-refractivity contribution < 1.29 is 4.74 Å². The number of alkyl halides is 2. The Bertz CT molecular complexity index is 56.4. The largest absolute Gasteiger partial charge is 0.361 e. The lowest BCUT2D eigenvalue weighted by atomic mass is 10.5. The summed E-state index contributed by atoms with van der Waals surface area (Å²) in [7, 11) is 0. The number of rotatable bonds is 3. The second-order valence-corrected chi connectivity index (χ2v) is 2.60. The molecule has 0 saturated heterocycles. The molecular weight excluding hydrogens is 147 g/mol. The second kappa shape index (κ2) is 4.42. The summed E-state index contributed by atoms with van der Waals surface area (Å²) in [5.41, 5.74) is -0.346. The van der Waals surface area contributed by atoms with Gasteiger partial charge in [-0.2, -0.15) is 0 Å². The van der Waals surface area contributed by atoms with E-state index in [1.54, 1.807) is 6.92 Å². The number of hydrogen-bond donors (Lipinski definition) is 0. The smallest absolute Gasteiger partial charge is 0.147 e. The zero-order valence-electron chi connectivity index (χ0n) is 5.03. The third-order valence-corrected chi connectivity index (χ3v) is 1.55. The van der Waals surface area contributed by atoms with Crippen molar-refractivity contribution in [3.63, 3.8) is 0 Å². The van der Waals surface area contributed by atoms with Gasteiger partial charge in [-0.25, -0.2) is 0 Å². The summed E-state index contributed by atoms with van der Waals surface area (Å²) in [6.45, 7) is 4.30. The second-order valence-electron chi connectivity index (χ2n) is 1.48. The van der Waals surface area contributed by atoms with Crippen LogP contribution in [0.1, 0.15) is 13.8 Å². The molecule has 0 heterocycles. The van der Waals surface area contributed by atoms with Crippen molar-refractivity contribution in [2.45, 2.75) is 24.8 Å². The molecule has 0 aliphatic rings. The average Bonchev–Trinajstić information content (AvgIpc) is 1.67. The van der Waals surface area contributed by atoms with Gasteiger partial charge in [0.15, 0.2) is 0 Å². The van der Waals surface area contributed by atoms with E-state index in [1.807, 2.05) is 6.92 Å². The highest BCUT2D eigenvalue weighted by Gasteiger charge is 2.09. The quantitative estimate of drug-likeness (QED) is 0.570. The van der Waals surface area contributed by atoms with Gasteiger partial charge in [0, 0.05) is 6.61 Å². The van der Waals surface area contributed by atoms with Crippen LogP contribution in [0.4, 0.5) is 0 Å². The van der Waals surface area contributed by atoms with E-state index in [2.05, 4.69) is 0 Å². The number of hydrogen-bond acceptors (Lipinski definition) is 1. The SMILES string of the molecule is CCO[C@@H](Cl)[C@H](C)Cl. The molecule has 0 fully saturated rings. The van der Waals surface area contributed by atoms with Gasteiger partial charge in [-0.15, -0.1) is 11.6 Å². The fourth-order valence-corrected chi connectivity index (χ4v) is 0.491. The number of halogens is 2. The Morgan fingerprint density at radius 2 is 2.00 bits per heavy atom. The van der Waals surface area contributed by atoms with E-state index in [9.17, 15) is 0 Å². The summed E-state index contributed by atoms with van der Waals surface area (Å²) in [6, 6.07) is 0. The molecule has 0 aliphatic heterocycles. The van der Waals surface area contributed by atoms with E-state index in [-0.39, 0.29) is 10.9 Å². The van der Waals surface area contributed by atoms with E-state index >= 15 is 0 Å².